The molecule has 0 amide bonds. The number of aliphatic hydroxyl groups excluding tert-OH is 2. The quantitative estimate of drug-likeness (QED) is 0.699. The molecule has 0 aromatic carbocycles. The number of nitrogens with two attached hydrogens (primary N) is 1. The van der Waals surface area contributed by atoms with Gasteiger partial charge < -0.3 is 10.2 Å². The molecule has 1 aromatic rings. The molecular formula is C10H15NO5S3. The molecule has 0 aliphatic heterocycles. The minimum absolute atomic E-state index is 0.0608. The molecule has 0 aliphatic rings. The molecule has 2 atom stereocenters. The number of hydrogen-bond acceptors (Lipinski definition) is 7. The van der Waals surface area contributed by atoms with E-state index in [1.807, 2.05) is 0 Å². The van der Waals surface area contributed by atoms with Crippen molar-refractivity contribution >= 4 is 38.2 Å². The Kier molecular flexibility index (Phi) is 5.96. The largest absolute Gasteiger partial charge is 0.390 e. The third kappa shape index (κ3) is 5.21. The average Bonchev–Trinajstić information content (AvgIpc) is 2.76. The zero-order valence-electron chi connectivity index (χ0n) is 10.1. The molecule has 1 heterocycles. The van der Waals surface area contributed by atoms with Crippen LogP contribution in [0.5, 0.6) is 0 Å². The summed E-state index contributed by atoms with van der Waals surface area (Å²) in [6.45, 7) is 1.42. The second-order valence-corrected chi connectivity index (χ2v) is 8.02. The maximum absolute atomic E-state index is 11.1. The first kappa shape index (κ1) is 16.6. The van der Waals surface area contributed by atoms with Crippen LogP contribution in [0.4, 0.5) is 0 Å². The van der Waals surface area contributed by atoms with Gasteiger partial charge in [-0.3, -0.25) is 4.79 Å². The molecule has 0 spiro atoms. The summed E-state index contributed by atoms with van der Waals surface area (Å²) in [6.07, 6.45) is -2.01. The van der Waals surface area contributed by atoms with E-state index in [0.29, 0.717) is 10.6 Å². The average molecular weight is 325 g/mol. The summed E-state index contributed by atoms with van der Waals surface area (Å²) in [5.74, 6) is 0.390. The standard InChI is InChI=1S/C10H15NO5S3/c1-6(12)17-5-4-7(13)10(14)8-2-3-9(18-8)19(11,15)16/h2-3,7,10,13-14H,4-5H2,1H3,(H2,11,15,16). The van der Waals surface area contributed by atoms with Crippen LogP contribution in [0, 0.1) is 0 Å². The maximum Gasteiger partial charge on any atom is 0.247 e. The van der Waals surface area contributed by atoms with E-state index in [4.69, 9.17) is 5.14 Å². The summed E-state index contributed by atoms with van der Waals surface area (Å²) in [4.78, 5) is 11.0. The molecule has 19 heavy (non-hydrogen) atoms. The van der Waals surface area contributed by atoms with Gasteiger partial charge in [0.25, 0.3) is 0 Å². The SMILES string of the molecule is CC(=O)SCCC(O)C(O)c1ccc(S(N)(=O)=O)s1. The number of aliphatic hydroxyl groups is 2. The lowest BCUT2D eigenvalue weighted by molar-refractivity contribution is -0.109. The van der Waals surface area contributed by atoms with Gasteiger partial charge in [-0.15, -0.1) is 11.3 Å². The van der Waals surface area contributed by atoms with Gasteiger partial charge in [0.1, 0.15) is 10.3 Å². The number of hydrogen-bond donors (Lipinski definition) is 3. The second-order valence-electron chi connectivity index (χ2n) is 3.84. The van der Waals surface area contributed by atoms with E-state index in [0.717, 1.165) is 23.1 Å². The molecule has 4 N–H and O–H groups in total. The third-order valence-electron chi connectivity index (χ3n) is 2.26. The Morgan fingerprint density at radius 2 is 2.11 bits per heavy atom. The number of sulfonamides is 1. The van der Waals surface area contributed by atoms with Crippen molar-refractivity contribution in [3.8, 4) is 0 Å². The summed E-state index contributed by atoms with van der Waals surface area (Å²) >= 11 is 1.88. The fourth-order valence-corrected chi connectivity index (χ4v) is 3.76. The first-order valence-corrected chi connectivity index (χ1v) is 8.68. The van der Waals surface area contributed by atoms with Crippen LogP contribution in [0.15, 0.2) is 16.3 Å². The third-order valence-corrected chi connectivity index (χ3v) is 5.70. The predicted molar refractivity (Wildman–Crippen MR) is 74.4 cm³/mol. The molecule has 0 radical (unpaired) electrons. The van der Waals surface area contributed by atoms with Gasteiger partial charge in [0.15, 0.2) is 5.12 Å². The predicted octanol–water partition coefficient (Wildman–Crippen LogP) is 0.460. The van der Waals surface area contributed by atoms with E-state index in [-0.39, 0.29) is 15.7 Å². The van der Waals surface area contributed by atoms with Crippen molar-refractivity contribution in [3.05, 3.63) is 17.0 Å². The molecule has 108 valence electrons. The fourth-order valence-electron chi connectivity index (χ4n) is 1.32. The van der Waals surface area contributed by atoms with Crippen molar-refractivity contribution in [2.45, 2.75) is 29.8 Å². The molecule has 1 aromatic heterocycles. The number of rotatable bonds is 6. The Morgan fingerprint density at radius 3 is 2.58 bits per heavy atom. The Morgan fingerprint density at radius 1 is 1.47 bits per heavy atom. The molecule has 0 aliphatic carbocycles. The Balaban J connectivity index is 2.64. The zero-order chi connectivity index (χ0) is 14.6. The molecule has 0 fully saturated rings. The highest BCUT2D eigenvalue weighted by Crippen LogP contribution is 2.29. The van der Waals surface area contributed by atoms with Gasteiger partial charge in [-0.05, 0) is 18.6 Å². The maximum atomic E-state index is 11.1. The van der Waals surface area contributed by atoms with Crippen molar-refractivity contribution < 1.29 is 23.4 Å². The van der Waals surface area contributed by atoms with Gasteiger partial charge in [0.2, 0.25) is 10.0 Å². The minimum atomic E-state index is -3.79. The summed E-state index contributed by atoms with van der Waals surface area (Å²) in [5.41, 5.74) is 0. The summed E-state index contributed by atoms with van der Waals surface area (Å²) in [5, 5.41) is 24.5. The molecule has 0 saturated carbocycles. The molecule has 1 rings (SSSR count). The van der Waals surface area contributed by atoms with E-state index in [1.165, 1.54) is 19.1 Å². The molecule has 6 nitrogen and oxygen atoms in total. The summed E-state index contributed by atoms with van der Waals surface area (Å²) in [7, 11) is -3.79. The van der Waals surface area contributed by atoms with Crippen LogP contribution in [-0.4, -0.2) is 35.6 Å². The summed E-state index contributed by atoms with van der Waals surface area (Å²) < 4.78 is 22.1. The van der Waals surface area contributed by atoms with E-state index in [9.17, 15) is 23.4 Å². The van der Waals surface area contributed by atoms with Gasteiger partial charge in [-0.25, -0.2) is 13.6 Å². The zero-order valence-corrected chi connectivity index (χ0v) is 12.6. The van der Waals surface area contributed by atoms with Crippen molar-refractivity contribution in [1.29, 1.82) is 0 Å². The first-order valence-electron chi connectivity index (χ1n) is 5.34. The van der Waals surface area contributed by atoms with E-state index >= 15 is 0 Å². The van der Waals surface area contributed by atoms with Crippen LogP contribution in [0.2, 0.25) is 0 Å². The Hall–Kier alpha value is -0.450. The minimum Gasteiger partial charge on any atom is -0.390 e. The van der Waals surface area contributed by atoms with Crippen molar-refractivity contribution in [3.63, 3.8) is 0 Å². The van der Waals surface area contributed by atoms with E-state index < -0.39 is 22.2 Å². The normalized spacial score (nSPS) is 15.2. The summed E-state index contributed by atoms with van der Waals surface area (Å²) in [6, 6.07) is 2.70. The van der Waals surface area contributed by atoms with Crippen LogP contribution in [0.3, 0.4) is 0 Å². The van der Waals surface area contributed by atoms with E-state index in [2.05, 4.69) is 0 Å². The first-order chi connectivity index (χ1) is 8.71. The molecule has 0 bridgehead atoms. The molecular weight excluding hydrogens is 310 g/mol. The monoisotopic (exact) mass is 325 g/mol. The highest BCUT2D eigenvalue weighted by molar-refractivity contribution is 8.13. The highest BCUT2D eigenvalue weighted by atomic mass is 32.2. The van der Waals surface area contributed by atoms with Gasteiger partial charge in [0.05, 0.1) is 6.10 Å². The molecule has 0 saturated heterocycles. The van der Waals surface area contributed by atoms with Crippen molar-refractivity contribution in [1.82, 2.24) is 0 Å². The van der Waals surface area contributed by atoms with Gasteiger partial charge in [-0.2, -0.15) is 0 Å². The van der Waals surface area contributed by atoms with Crippen LogP contribution in [0.1, 0.15) is 24.3 Å². The number of carbonyl (C=O) groups is 1. The van der Waals surface area contributed by atoms with Crippen molar-refractivity contribution in [2.24, 2.45) is 5.14 Å². The van der Waals surface area contributed by atoms with Crippen LogP contribution >= 0.6 is 23.1 Å². The number of carbonyl (C=O) groups excluding carboxylic acids is 1. The van der Waals surface area contributed by atoms with Crippen LogP contribution in [-0.2, 0) is 14.8 Å². The van der Waals surface area contributed by atoms with Crippen LogP contribution < -0.4 is 5.14 Å². The lowest BCUT2D eigenvalue weighted by Gasteiger charge is -2.15. The molecule has 2 unspecified atom stereocenters. The lowest BCUT2D eigenvalue weighted by atomic mass is 10.1. The van der Waals surface area contributed by atoms with Gasteiger partial charge >= 0.3 is 0 Å². The fraction of sp³-hybridized carbons (Fsp3) is 0.500. The van der Waals surface area contributed by atoms with Gasteiger partial charge in [0, 0.05) is 17.6 Å². The second kappa shape index (κ2) is 6.82. The number of primary sulfonamides is 1. The smallest absolute Gasteiger partial charge is 0.247 e. The molecule has 9 heteroatoms. The van der Waals surface area contributed by atoms with Crippen LogP contribution in [0.25, 0.3) is 0 Å². The highest BCUT2D eigenvalue weighted by Gasteiger charge is 2.22. The lowest BCUT2D eigenvalue weighted by Crippen LogP contribution is -2.18. The topological polar surface area (TPSA) is 118 Å². The number of thiophene rings is 1. The van der Waals surface area contributed by atoms with E-state index in [1.54, 1.807) is 0 Å². The number of thioether (sulfide) groups is 1. The Labute approximate surface area is 119 Å². The Bertz CT molecular complexity index is 539. The van der Waals surface area contributed by atoms with Crippen molar-refractivity contribution in [2.75, 3.05) is 5.75 Å². The van der Waals surface area contributed by atoms with Gasteiger partial charge in [-0.1, -0.05) is 11.8 Å².